The number of carbonyl (C=O) groups excluding carboxylic acids is 1. The molecule has 0 unspecified atom stereocenters. The molecule has 1 aromatic rings. The third kappa shape index (κ3) is 5.75. The van der Waals surface area contributed by atoms with Crippen LogP contribution in [0.5, 0.6) is 0 Å². The highest BCUT2D eigenvalue weighted by molar-refractivity contribution is 6.07. The van der Waals surface area contributed by atoms with Gasteiger partial charge in [0.15, 0.2) is 0 Å². The summed E-state index contributed by atoms with van der Waals surface area (Å²) < 4.78 is 0. The fraction of sp³-hybridized carbons (Fsp3) is 0.308. The zero-order chi connectivity index (χ0) is 15.8. The lowest BCUT2D eigenvalue weighted by Gasteiger charge is -2.19. The number of hydrogen-bond donors (Lipinski definition) is 4. The van der Waals surface area contributed by atoms with Crippen molar-refractivity contribution in [1.82, 2.24) is 10.3 Å². The highest BCUT2D eigenvalue weighted by Crippen LogP contribution is 2.04. The maximum Gasteiger partial charge on any atom is 0.326 e. The Kier molecular flexibility index (Phi) is 6.56. The van der Waals surface area contributed by atoms with Crippen LogP contribution in [0.1, 0.15) is 12.0 Å². The van der Waals surface area contributed by atoms with E-state index in [-0.39, 0.29) is 12.8 Å². The van der Waals surface area contributed by atoms with Crippen LogP contribution < -0.4 is 10.3 Å². The van der Waals surface area contributed by atoms with Crippen molar-refractivity contribution in [3.05, 3.63) is 35.9 Å². The van der Waals surface area contributed by atoms with E-state index >= 15 is 0 Å². The first-order chi connectivity index (χ1) is 9.93. The van der Waals surface area contributed by atoms with Gasteiger partial charge in [0.2, 0.25) is 5.91 Å². The first-order valence-corrected chi connectivity index (χ1v) is 7.40. The lowest BCUT2D eigenvalue weighted by atomic mass is 10.1. The Labute approximate surface area is 124 Å². The number of carboxylic acids is 2. The topological polar surface area (TPSA) is 116 Å². The Hall–Kier alpha value is -2.19. The molecule has 8 heteroatoms. The van der Waals surface area contributed by atoms with Crippen molar-refractivity contribution in [1.29, 1.82) is 0 Å². The molecule has 1 aromatic carbocycles. The molecule has 0 radical (unpaired) electrons. The normalized spacial score (nSPS) is 13.3. The molecule has 0 saturated heterocycles. The number of nitrogens with one attached hydrogen (secondary N) is 2. The highest BCUT2D eigenvalue weighted by Gasteiger charge is 2.25. The number of aliphatic carboxylic acids is 2. The van der Waals surface area contributed by atoms with Crippen molar-refractivity contribution >= 4 is 28.2 Å². The summed E-state index contributed by atoms with van der Waals surface area (Å²) in [4.78, 5) is 36.5. The van der Waals surface area contributed by atoms with Crippen molar-refractivity contribution in [2.24, 2.45) is 0 Å². The molecule has 0 aliphatic carbocycles. The van der Waals surface area contributed by atoms with Crippen molar-refractivity contribution in [2.45, 2.75) is 24.9 Å². The molecule has 4 N–H and O–H groups in total. The van der Waals surface area contributed by atoms with Gasteiger partial charge in [-0.3, -0.25) is 9.59 Å². The zero-order valence-electron chi connectivity index (χ0n) is 11.6. The van der Waals surface area contributed by atoms with Gasteiger partial charge < -0.3 is 20.5 Å². The van der Waals surface area contributed by atoms with Gasteiger partial charge in [-0.15, -0.1) is 0 Å². The van der Waals surface area contributed by atoms with E-state index in [1.807, 2.05) is 6.07 Å². The molecule has 0 saturated carbocycles. The zero-order valence-corrected chi connectivity index (χ0v) is 13.6. The first-order valence-electron chi connectivity index (χ1n) is 6.40. The predicted octanol–water partition coefficient (Wildman–Crippen LogP) is -1.49. The van der Waals surface area contributed by atoms with Crippen LogP contribution in [0.4, 0.5) is 0 Å². The van der Waals surface area contributed by atoms with Gasteiger partial charge in [0.1, 0.15) is 6.04 Å². The number of amides is 1. The van der Waals surface area contributed by atoms with E-state index in [0.29, 0.717) is 10.4 Å². The molecular weight excluding hydrogens is 292 g/mol. The van der Waals surface area contributed by atoms with E-state index in [4.69, 9.17) is 5.11 Å². The molecule has 21 heavy (non-hydrogen) atoms. The van der Waals surface area contributed by atoms with E-state index in [0.717, 1.165) is 5.56 Å². The summed E-state index contributed by atoms with van der Waals surface area (Å²) in [5.41, 5.74) is 0.777. The van der Waals surface area contributed by atoms with E-state index in [1.165, 1.54) is 0 Å². The van der Waals surface area contributed by atoms with Crippen LogP contribution in [0.15, 0.2) is 30.3 Å². The minimum Gasteiger partial charge on any atom is -0.481 e. The average molecular weight is 310 g/mol. The monoisotopic (exact) mass is 310 g/mol. The number of rotatable bonds is 8. The third-order valence-electron chi connectivity index (χ3n) is 2.94. The summed E-state index contributed by atoms with van der Waals surface area (Å²) in [6, 6.07) is 6.90. The fourth-order valence-electron chi connectivity index (χ4n) is 1.82. The average Bonchev–Trinajstić information content (AvgIpc) is 2.44. The van der Waals surface area contributed by atoms with Crippen molar-refractivity contribution in [3.63, 3.8) is 0 Å². The number of carbonyl (C=O) groups is 3. The fourth-order valence-corrected chi connectivity index (χ4v) is 2.29. The summed E-state index contributed by atoms with van der Waals surface area (Å²) in [5.74, 6) is -2.89. The highest BCUT2D eigenvalue weighted by atomic mass is 28.2. The smallest absolute Gasteiger partial charge is 0.326 e. The number of benzene rings is 1. The van der Waals surface area contributed by atoms with Gasteiger partial charge in [0, 0.05) is 6.42 Å². The Morgan fingerprint density at radius 1 is 1.10 bits per heavy atom. The molecule has 0 heterocycles. The summed E-state index contributed by atoms with van der Waals surface area (Å²) in [5, 5.41) is 20.3. The maximum atomic E-state index is 11.9. The lowest BCUT2D eigenvalue weighted by molar-refractivity contribution is -0.142. The molecule has 1 rings (SSSR count). The molecule has 114 valence electrons. The molecule has 2 atom stereocenters. The molecule has 0 fully saturated rings. The third-order valence-corrected chi connectivity index (χ3v) is 3.64. The summed E-state index contributed by atoms with van der Waals surface area (Å²) in [7, 11) is 0.428. The Morgan fingerprint density at radius 3 is 2.19 bits per heavy atom. The quantitative estimate of drug-likeness (QED) is 0.435. The second-order valence-corrected chi connectivity index (χ2v) is 5.11. The molecule has 7 nitrogen and oxygen atoms in total. The summed E-state index contributed by atoms with van der Waals surface area (Å²) in [6.07, 6.45) is -0.240. The van der Waals surface area contributed by atoms with Gasteiger partial charge in [0.05, 0.1) is 22.9 Å². The molecular formula is C13H18N2O5Si. The van der Waals surface area contributed by atoms with E-state index in [1.54, 1.807) is 24.3 Å². The van der Waals surface area contributed by atoms with Crippen LogP contribution in [0, 0.1) is 0 Å². The van der Waals surface area contributed by atoms with Gasteiger partial charge in [0.25, 0.3) is 0 Å². The second kappa shape index (κ2) is 8.17. The molecule has 0 aliphatic heterocycles. The summed E-state index contributed by atoms with van der Waals surface area (Å²) >= 11 is 0. The minimum absolute atomic E-state index is 0.142. The van der Waals surface area contributed by atoms with Crippen LogP contribution in [-0.4, -0.2) is 50.5 Å². The Balaban J connectivity index is 2.71. The SMILES string of the molecule is O=C(O)C[C@H](N[SiH3])C(=O)N[C@@H](Cc1ccccc1)C(=O)O. The number of carboxylic acid groups (broad SMARTS) is 2. The molecule has 0 bridgehead atoms. The van der Waals surface area contributed by atoms with Gasteiger partial charge in [-0.25, -0.2) is 4.79 Å². The maximum absolute atomic E-state index is 11.9. The minimum atomic E-state index is -1.16. The van der Waals surface area contributed by atoms with Gasteiger partial charge >= 0.3 is 11.9 Å². The standard InChI is InChI=1S/C13H18N2O5Si/c16-11(17)7-9(15-21)12(18)14-10(13(19)20)6-8-4-2-1-3-5-8/h1-5,9-10,15H,6-7H2,21H3,(H,14,18)(H,16,17)(H,19,20)/t9-,10-/m0/s1. The Bertz CT molecular complexity index is 509. The van der Waals surface area contributed by atoms with Crippen LogP contribution >= 0.6 is 0 Å². The molecule has 0 spiro atoms. The molecule has 0 aliphatic rings. The van der Waals surface area contributed by atoms with Gasteiger partial charge in [-0.2, -0.15) is 0 Å². The van der Waals surface area contributed by atoms with E-state index in [2.05, 4.69) is 10.3 Å². The lowest BCUT2D eigenvalue weighted by Crippen LogP contribution is -2.51. The van der Waals surface area contributed by atoms with Crippen LogP contribution in [0.3, 0.4) is 0 Å². The van der Waals surface area contributed by atoms with Crippen LogP contribution in [-0.2, 0) is 20.8 Å². The molecule has 0 aromatic heterocycles. The Morgan fingerprint density at radius 2 is 1.71 bits per heavy atom. The van der Waals surface area contributed by atoms with Crippen molar-refractivity contribution in [3.8, 4) is 0 Å². The summed E-state index contributed by atoms with van der Waals surface area (Å²) in [6.45, 7) is 0. The van der Waals surface area contributed by atoms with Crippen molar-refractivity contribution in [2.75, 3.05) is 0 Å². The predicted molar refractivity (Wildman–Crippen MR) is 78.8 cm³/mol. The molecule has 1 amide bonds. The van der Waals surface area contributed by atoms with Crippen LogP contribution in [0.25, 0.3) is 0 Å². The van der Waals surface area contributed by atoms with Gasteiger partial charge in [-0.1, -0.05) is 30.3 Å². The van der Waals surface area contributed by atoms with Crippen LogP contribution in [0.2, 0.25) is 0 Å². The van der Waals surface area contributed by atoms with E-state index in [9.17, 15) is 19.5 Å². The van der Waals surface area contributed by atoms with E-state index < -0.39 is 29.9 Å². The second-order valence-electron chi connectivity index (χ2n) is 4.53. The number of hydrogen-bond acceptors (Lipinski definition) is 4. The first kappa shape index (κ1) is 16.9. The largest absolute Gasteiger partial charge is 0.481 e. The van der Waals surface area contributed by atoms with Crippen molar-refractivity contribution < 1.29 is 24.6 Å². The van der Waals surface area contributed by atoms with Gasteiger partial charge in [-0.05, 0) is 5.56 Å².